The van der Waals surface area contributed by atoms with Crippen molar-refractivity contribution in [3.8, 4) is 0 Å². The summed E-state index contributed by atoms with van der Waals surface area (Å²) in [4.78, 5) is 11.9. The van der Waals surface area contributed by atoms with Crippen molar-refractivity contribution in [2.45, 2.75) is 12.6 Å². The van der Waals surface area contributed by atoms with Gasteiger partial charge in [-0.15, -0.1) is 0 Å². The Kier molecular flexibility index (Phi) is 3.66. The third-order valence-electron chi connectivity index (χ3n) is 3.33. The van der Waals surface area contributed by atoms with Crippen LogP contribution in [0.4, 0.5) is 0 Å². The molecule has 0 aliphatic carbocycles. The first-order chi connectivity index (χ1) is 10.3. The smallest absolute Gasteiger partial charge is 0.343 e. The Bertz CT molecular complexity index is 763. The van der Waals surface area contributed by atoms with E-state index in [1.807, 2.05) is 48.5 Å². The summed E-state index contributed by atoms with van der Waals surface area (Å²) < 4.78 is 1.45. The average Bonchev–Trinajstić information content (AvgIpc) is 2.90. The molecular weight excluding hydrogens is 266 g/mol. The molecule has 2 N–H and O–H groups in total. The Morgan fingerprint density at radius 2 is 1.67 bits per heavy atom. The highest BCUT2D eigenvalue weighted by Gasteiger charge is 2.18. The summed E-state index contributed by atoms with van der Waals surface area (Å²) in [5.74, 6) is 0.315. The zero-order chi connectivity index (χ0) is 14.7. The normalized spacial score (nSPS) is 12.2. The van der Waals surface area contributed by atoms with Gasteiger partial charge in [-0.05, 0) is 11.1 Å². The third kappa shape index (κ3) is 2.78. The molecule has 1 heterocycles. The number of benzene rings is 2. The van der Waals surface area contributed by atoms with Gasteiger partial charge in [0.25, 0.3) is 0 Å². The number of aliphatic hydroxyl groups excluding tert-OH is 1. The van der Waals surface area contributed by atoms with Gasteiger partial charge in [-0.25, -0.2) is 9.89 Å². The second-order valence-electron chi connectivity index (χ2n) is 4.77. The molecule has 1 aromatic heterocycles. The largest absolute Gasteiger partial charge is 0.380 e. The van der Waals surface area contributed by atoms with E-state index >= 15 is 0 Å². The average molecular weight is 281 g/mol. The van der Waals surface area contributed by atoms with Crippen molar-refractivity contribution < 1.29 is 5.11 Å². The lowest BCUT2D eigenvalue weighted by Gasteiger charge is -2.12. The molecule has 0 aliphatic rings. The van der Waals surface area contributed by atoms with Crippen LogP contribution in [0.3, 0.4) is 0 Å². The summed E-state index contributed by atoms with van der Waals surface area (Å²) in [5.41, 5.74) is 1.34. The van der Waals surface area contributed by atoms with Gasteiger partial charge in [0, 0.05) is 0 Å². The highest BCUT2D eigenvalue weighted by atomic mass is 16.3. The van der Waals surface area contributed by atoms with E-state index in [0.717, 1.165) is 5.56 Å². The Morgan fingerprint density at radius 3 is 2.33 bits per heavy atom. The van der Waals surface area contributed by atoms with Gasteiger partial charge in [0.1, 0.15) is 6.10 Å². The van der Waals surface area contributed by atoms with Crippen LogP contribution in [0.1, 0.15) is 23.1 Å². The Morgan fingerprint density at radius 1 is 1.05 bits per heavy atom. The van der Waals surface area contributed by atoms with E-state index in [1.54, 1.807) is 12.1 Å². The highest BCUT2D eigenvalue weighted by Crippen LogP contribution is 2.19. The number of H-pyrrole nitrogens is 1. The van der Waals surface area contributed by atoms with Gasteiger partial charge in [0.2, 0.25) is 0 Å². The predicted molar refractivity (Wildman–Crippen MR) is 78.9 cm³/mol. The summed E-state index contributed by atoms with van der Waals surface area (Å²) in [6.07, 6.45) is -0.936. The molecule has 0 unspecified atom stereocenters. The minimum absolute atomic E-state index is 0.315. The molecule has 0 fully saturated rings. The maximum Gasteiger partial charge on any atom is 0.343 e. The van der Waals surface area contributed by atoms with E-state index in [9.17, 15) is 9.90 Å². The summed E-state index contributed by atoms with van der Waals surface area (Å²) in [6.45, 7) is 0.370. The molecule has 0 bridgehead atoms. The van der Waals surface area contributed by atoms with Crippen LogP contribution in [0.15, 0.2) is 65.5 Å². The Labute approximate surface area is 121 Å². The van der Waals surface area contributed by atoms with E-state index < -0.39 is 6.10 Å². The van der Waals surface area contributed by atoms with Crippen LogP contribution in [0.25, 0.3) is 0 Å². The van der Waals surface area contributed by atoms with Crippen LogP contribution < -0.4 is 5.69 Å². The zero-order valence-electron chi connectivity index (χ0n) is 11.3. The van der Waals surface area contributed by atoms with Crippen LogP contribution in [0.2, 0.25) is 0 Å². The first-order valence-electron chi connectivity index (χ1n) is 6.68. The number of aromatic amines is 1. The molecule has 21 heavy (non-hydrogen) atoms. The lowest BCUT2D eigenvalue weighted by atomic mass is 10.1. The van der Waals surface area contributed by atoms with Gasteiger partial charge in [-0.2, -0.15) is 5.10 Å². The van der Waals surface area contributed by atoms with Gasteiger partial charge in [-0.3, -0.25) is 4.57 Å². The van der Waals surface area contributed by atoms with Gasteiger partial charge in [0.15, 0.2) is 5.82 Å². The molecule has 0 saturated carbocycles. The molecule has 3 aromatic rings. The molecule has 5 nitrogen and oxygen atoms in total. The number of aliphatic hydroxyl groups is 1. The summed E-state index contributed by atoms with van der Waals surface area (Å²) in [5, 5.41) is 16.8. The number of hydrogen-bond donors (Lipinski definition) is 2. The fraction of sp³-hybridized carbons (Fsp3) is 0.125. The second-order valence-corrected chi connectivity index (χ2v) is 4.77. The lowest BCUT2D eigenvalue weighted by molar-refractivity contribution is 0.204. The Hall–Kier alpha value is -2.66. The minimum Gasteiger partial charge on any atom is -0.380 e. The molecule has 3 rings (SSSR count). The molecular formula is C16H15N3O2. The van der Waals surface area contributed by atoms with Crippen molar-refractivity contribution in [1.82, 2.24) is 14.8 Å². The van der Waals surface area contributed by atoms with Crippen LogP contribution in [-0.4, -0.2) is 19.9 Å². The van der Waals surface area contributed by atoms with Crippen LogP contribution in [0, 0.1) is 0 Å². The third-order valence-corrected chi connectivity index (χ3v) is 3.33. The molecule has 0 aliphatic heterocycles. The van der Waals surface area contributed by atoms with E-state index in [0.29, 0.717) is 17.9 Å². The molecule has 0 spiro atoms. The molecule has 5 heteroatoms. The predicted octanol–water partition coefficient (Wildman–Crippen LogP) is 1.70. The van der Waals surface area contributed by atoms with Gasteiger partial charge < -0.3 is 5.11 Å². The van der Waals surface area contributed by atoms with Crippen molar-refractivity contribution in [1.29, 1.82) is 0 Å². The SMILES string of the molecule is O=c1[nH]nc([C@H](O)c2ccccc2)n1Cc1ccccc1. The van der Waals surface area contributed by atoms with Crippen molar-refractivity contribution in [3.05, 3.63) is 88.1 Å². The number of aromatic nitrogens is 3. The van der Waals surface area contributed by atoms with E-state index in [1.165, 1.54) is 4.57 Å². The fourth-order valence-corrected chi connectivity index (χ4v) is 2.24. The van der Waals surface area contributed by atoms with Crippen molar-refractivity contribution in [3.63, 3.8) is 0 Å². The van der Waals surface area contributed by atoms with Crippen molar-refractivity contribution in [2.75, 3.05) is 0 Å². The topological polar surface area (TPSA) is 70.9 Å². The lowest BCUT2D eigenvalue weighted by Crippen LogP contribution is -2.21. The maximum absolute atomic E-state index is 11.9. The highest BCUT2D eigenvalue weighted by molar-refractivity contribution is 5.23. The number of rotatable bonds is 4. The molecule has 0 saturated heterocycles. The van der Waals surface area contributed by atoms with E-state index in [-0.39, 0.29) is 5.69 Å². The van der Waals surface area contributed by atoms with Gasteiger partial charge >= 0.3 is 5.69 Å². The summed E-state index contributed by atoms with van der Waals surface area (Å²) in [7, 11) is 0. The quantitative estimate of drug-likeness (QED) is 0.764. The van der Waals surface area contributed by atoms with Crippen LogP contribution in [0.5, 0.6) is 0 Å². The van der Waals surface area contributed by atoms with Crippen LogP contribution in [-0.2, 0) is 6.54 Å². The molecule has 0 amide bonds. The van der Waals surface area contributed by atoms with Crippen molar-refractivity contribution in [2.24, 2.45) is 0 Å². The molecule has 1 atom stereocenters. The van der Waals surface area contributed by atoms with Crippen molar-refractivity contribution >= 4 is 0 Å². The van der Waals surface area contributed by atoms with Crippen LogP contribution >= 0.6 is 0 Å². The standard InChI is InChI=1S/C16H15N3O2/c20-14(13-9-5-2-6-10-13)15-17-18-16(21)19(15)11-12-7-3-1-4-8-12/h1-10,14,20H,11H2,(H,18,21)/t14-/m1/s1. The maximum atomic E-state index is 11.9. The first kappa shape index (κ1) is 13.3. The minimum atomic E-state index is -0.936. The number of hydrogen-bond acceptors (Lipinski definition) is 3. The first-order valence-corrected chi connectivity index (χ1v) is 6.68. The van der Waals surface area contributed by atoms with E-state index in [2.05, 4.69) is 10.2 Å². The molecule has 106 valence electrons. The summed E-state index contributed by atoms with van der Waals surface area (Å²) >= 11 is 0. The molecule has 2 aromatic carbocycles. The zero-order valence-corrected chi connectivity index (χ0v) is 11.3. The molecule has 0 radical (unpaired) electrons. The summed E-state index contributed by atoms with van der Waals surface area (Å²) in [6, 6.07) is 18.7. The van der Waals surface area contributed by atoms with Gasteiger partial charge in [-0.1, -0.05) is 60.7 Å². The monoisotopic (exact) mass is 281 g/mol. The van der Waals surface area contributed by atoms with Gasteiger partial charge in [0.05, 0.1) is 6.54 Å². The van der Waals surface area contributed by atoms with E-state index in [4.69, 9.17) is 0 Å². The Balaban J connectivity index is 1.96. The number of nitrogens with one attached hydrogen (secondary N) is 1. The second kappa shape index (κ2) is 5.76. The fourth-order valence-electron chi connectivity index (χ4n) is 2.24. The number of nitrogens with zero attached hydrogens (tertiary/aromatic N) is 2.